The van der Waals surface area contributed by atoms with Crippen molar-refractivity contribution in [1.82, 2.24) is 9.80 Å². The predicted molar refractivity (Wildman–Crippen MR) is 89.2 cm³/mol. The van der Waals surface area contributed by atoms with Crippen LogP contribution in [0, 0.1) is 5.92 Å². The van der Waals surface area contributed by atoms with Crippen LogP contribution in [0.15, 0.2) is 0 Å². The van der Waals surface area contributed by atoms with Gasteiger partial charge in [-0.05, 0) is 64.6 Å². The standard InChI is InChI=1S/C17H35N3O/c1-4-10-19(11-5-2)12-6-7-17(21)20-13-8-16(9-14-20)15(3)18/h15-16H,4-14,18H2,1-3H3. The van der Waals surface area contributed by atoms with E-state index in [9.17, 15) is 4.79 Å². The maximum Gasteiger partial charge on any atom is 0.222 e. The van der Waals surface area contributed by atoms with Crippen LogP contribution in [-0.2, 0) is 4.79 Å². The van der Waals surface area contributed by atoms with E-state index < -0.39 is 0 Å². The molecule has 1 heterocycles. The van der Waals surface area contributed by atoms with Crippen molar-refractivity contribution in [2.75, 3.05) is 32.7 Å². The van der Waals surface area contributed by atoms with Crippen molar-refractivity contribution in [1.29, 1.82) is 0 Å². The van der Waals surface area contributed by atoms with Gasteiger partial charge in [0, 0.05) is 25.6 Å². The van der Waals surface area contributed by atoms with Crippen LogP contribution in [0.5, 0.6) is 0 Å². The molecule has 0 aromatic heterocycles. The highest BCUT2D eigenvalue weighted by Gasteiger charge is 2.24. The fraction of sp³-hybridized carbons (Fsp3) is 0.941. The Kier molecular flexibility index (Phi) is 8.93. The molecule has 0 bridgehead atoms. The third-order valence-electron chi connectivity index (χ3n) is 4.58. The molecule has 4 nitrogen and oxygen atoms in total. The molecule has 1 unspecified atom stereocenters. The Morgan fingerprint density at radius 3 is 2.24 bits per heavy atom. The third-order valence-corrected chi connectivity index (χ3v) is 4.58. The molecular formula is C17H35N3O. The number of hydrogen-bond acceptors (Lipinski definition) is 3. The first-order chi connectivity index (χ1) is 10.1. The second kappa shape index (κ2) is 10.2. The maximum atomic E-state index is 12.2. The molecule has 1 saturated heterocycles. The summed E-state index contributed by atoms with van der Waals surface area (Å²) in [5, 5.41) is 0. The molecule has 0 aromatic carbocycles. The lowest BCUT2D eigenvalue weighted by molar-refractivity contribution is -0.132. The molecule has 1 rings (SSSR count). The van der Waals surface area contributed by atoms with Gasteiger partial charge in [-0.2, -0.15) is 0 Å². The third kappa shape index (κ3) is 6.79. The van der Waals surface area contributed by atoms with Gasteiger partial charge in [0.05, 0.1) is 0 Å². The van der Waals surface area contributed by atoms with E-state index >= 15 is 0 Å². The number of nitrogens with two attached hydrogens (primary N) is 1. The Morgan fingerprint density at radius 1 is 1.19 bits per heavy atom. The summed E-state index contributed by atoms with van der Waals surface area (Å²) in [4.78, 5) is 16.8. The molecular weight excluding hydrogens is 262 g/mol. The Labute approximate surface area is 131 Å². The molecule has 1 aliphatic heterocycles. The molecule has 4 heteroatoms. The van der Waals surface area contributed by atoms with Gasteiger partial charge in [0.15, 0.2) is 0 Å². The summed E-state index contributed by atoms with van der Waals surface area (Å²) in [7, 11) is 0. The molecule has 124 valence electrons. The van der Waals surface area contributed by atoms with Crippen molar-refractivity contribution < 1.29 is 4.79 Å². The minimum atomic E-state index is 0.263. The number of hydrogen-bond donors (Lipinski definition) is 1. The number of likely N-dealkylation sites (tertiary alicyclic amines) is 1. The van der Waals surface area contributed by atoms with Crippen molar-refractivity contribution in [3.05, 3.63) is 0 Å². The zero-order chi connectivity index (χ0) is 15.7. The largest absolute Gasteiger partial charge is 0.343 e. The number of carbonyl (C=O) groups excluding carboxylic acids is 1. The minimum Gasteiger partial charge on any atom is -0.343 e. The summed E-state index contributed by atoms with van der Waals surface area (Å²) in [5.74, 6) is 0.935. The monoisotopic (exact) mass is 297 g/mol. The van der Waals surface area contributed by atoms with E-state index in [2.05, 4.69) is 25.7 Å². The van der Waals surface area contributed by atoms with Crippen LogP contribution in [0.2, 0.25) is 0 Å². The molecule has 1 fully saturated rings. The lowest BCUT2D eigenvalue weighted by Gasteiger charge is -2.34. The number of rotatable bonds is 9. The van der Waals surface area contributed by atoms with Crippen LogP contribution in [0.1, 0.15) is 59.3 Å². The van der Waals surface area contributed by atoms with Crippen molar-refractivity contribution in [2.24, 2.45) is 11.7 Å². The fourth-order valence-electron chi connectivity index (χ4n) is 3.25. The van der Waals surface area contributed by atoms with Gasteiger partial charge in [-0.1, -0.05) is 13.8 Å². The number of nitrogens with zero attached hydrogens (tertiary/aromatic N) is 2. The zero-order valence-electron chi connectivity index (χ0n) is 14.3. The average Bonchev–Trinajstić information content (AvgIpc) is 2.47. The first kappa shape index (κ1) is 18.4. The quantitative estimate of drug-likeness (QED) is 0.711. The van der Waals surface area contributed by atoms with Gasteiger partial charge in [0.1, 0.15) is 0 Å². The fourth-order valence-corrected chi connectivity index (χ4v) is 3.25. The molecule has 2 N–H and O–H groups in total. The van der Waals surface area contributed by atoms with Crippen LogP contribution in [-0.4, -0.2) is 54.5 Å². The average molecular weight is 297 g/mol. The van der Waals surface area contributed by atoms with Crippen molar-refractivity contribution in [3.8, 4) is 0 Å². The number of piperidine rings is 1. The number of amides is 1. The van der Waals surface area contributed by atoms with E-state index in [1.54, 1.807) is 0 Å². The lowest BCUT2D eigenvalue weighted by atomic mass is 9.91. The first-order valence-electron chi connectivity index (χ1n) is 8.84. The summed E-state index contributed by atoms with van der Waals surface area (Å²) >= 11 is 0. The van der Waals surface area contributed by atoms with E-state index in [1.165, 1.54) is 12.8 Å². The van der Waals surface area contributed by atoms with Gasteiger partial charge < -0.3 is 15.5 Å². The van der Waals surface area contributed by atoms with Crippen LogP contribution >= 0.6 is 0 Å². The van der Waals surface area contributed by atoms with Gasteiger partial charge in [-0.3, -0.25) is 4.79 Å². The Balaban J connectivity index is 2.22. The highest BCUT2D eigenvalue weighted by molar-refractivity contribution is 5.76. The predicted octanol–water partition coefficient (Wildman–Crippen LogP) is 2.47. The lowest BCUT2D eigenvalue weighted by Crippen LogP contribution is -2.42. The van der Waals surface area contributed by atoms with Gasteiger partial charge in [-0.15, -0.1) is 0 Å². The summed E-state index contributed by atoms with van der Waals surface area (Å²) in [6.07, 6.45) is 6.22. The van der Waals surface area contributed by atoms with E-state index in [4.69, 9.17) is 5.73 Å². The van der Waals surface area contributed by atoms with E-state index in [0.717, 1.165) is 52.0 Å². The second-order valence-electron chi connectivity index (χ2n) is 6.52. The second-order valence-corrected chi connectivity index (χ2v) is 6.52. The molecule has 0 radical (unpaired) electrons. The van der Waals surface area contributed by atoms with Gasteiger partial charge in [-0.25, -0.2) is 0 Å². The Hall–Kier alpha value is -0.610. The number of carbonyl (C=O) groups is 1. The molecule has 0 aliphatic carbocycles. The molecule has 0 spiro atoms. The first-order valence-corrected chi connectivity index (χ1v) is 8.84. The SMILES string of the molecule is CCCN(CCC)CCCC(=O)N1CCC(C(C)N)CC1. The summed E-state index contributed by atoms with van der Waals surface area (Å²) in [5.41, 5.74) is 5.95. The molecule has 1 amide bonds. The van der Waals surface area contributed by atoms with Crippen molar-refractivity contribution >= 4 is 5.91 Å². The summed E-state index contributed by atoms with van der Waals surface area (Å²) in [6, 6.07) is 0.263. The molecule has 0 saturated carbocycles. The maximum absolute atomic E-state index is 12.2. The Bertz CT molecular complexity index is 280. The molecule has 21 heavy (non-hydrogen) atoms. The summed E-state index contributed by atoms with van der Waals surface area (Å²) < 4.78 is 0. The van der Waals surface area contributed by atoms with Gasteiger partial charge >= 0.3 is 0 Å². The molecule has 0 aromatic rings. The van der Waals surface area contributed by atoms with Crippen molar-refractivity contribution in [2.45, 2.75) is 65.3 Å². The molecule has 1 atom stereocenters. The van der Waals surface area contributed by atoms with Gasteiger partial charge in [0.25, 0.3) is 0 Å². The summed E-state index contributed by atoms with van der Waals surface area (Å²) in [6.45, 7) is 11.7. The van der Waals surface area contributed by atoms with Crippen LogP contribution in [0.25, 0.3) is 0 Å². The van der Waals surface area contributed by atoms with Gasteiger partial charge in [0.2, 0.25) is 5.91 Å². The zero-order valence-corrected chi connectivity index (χ0v) is 14.3. The van der Waals surface area contributed by atoms with Crippen LogP contribution < -0.4 is 5.73 Å². The van der Waals surface area contributed by atoms with Crippen LogP contribution in [0.4, 0.5) is 0 Å². The topological polar surface area (TPSA) is 49.6 Å². The van der Waals surface area contributed by atoms with Crippen LogP contribution in [0.3, 0.4) is 0 Å². The normalized spacial score (nSPS) is 18.2. The van der Waals surface area contributed by atoms with E-state index in [0.29, 0.717) is 18.2 Å². The molecule has 1 aliphatic rings. The smallest absolute Gasteiger partial charge is 0.222 e. The minimum absolute atomic E-state index is 0.263. The van der Waals surface area contributed by atoms with E-state index in [-0.39, 0.29) is 6.04 Å². The highest BCUT2D eigenvalue weighted by atomic mass is 16.2. The van der Waals surface area contributed by atoms with Crippen molar-refractivity contribution in [3.63, 3.8) is 0 Å². The Morgan fingerprint density at radius 2 is 1.76 bits per heavy atom. The highest BCUT2D eigenvalue weighted by Crippen LogP contribution is 2.20. The van der Waals surface area contributed by atoms with E-state index in [1.807, 2.05) is 4.90 Å².